The van der Waals surface area contributed by atoms with Crippen LogP contribution >= 0.6 is 0 Å². The number of ether oxygens (including phenoxy) is 2. The number of alkyl halides is 1. The summed E-state index contributed by atoms with van der Waals surface area (Å²) in [6.45, 7) is 11.4. The van der Waals surface area contributed by atoms with Crippen molar-refractivity contribution in [1.29, 1.82) is 0 Å². The summed E-state index contributed by atoms with van der Waals surface area (Å²) >= 11 is 0. The lowest BCUT2D eigenvalue weighted by Gasteiger charge is -2.27. The van der Waals surface area contributed by atoms with Crippen LogP contribution in [0.5, 0.6) is 0 Å². The number of rotatable bonds is 9. The molecule has 0 radical (unpaired) electrons. The number of nitrogens with zero attached hydrogens (tertiary/aromatic N) is 2. The highest BCUT2D eigenvalue weighted by Crippen LogP contribution is 2.26. The van der Waals surface area contributed by atoms with E-state index in [9.17, 15) is 9.18 Å². The Labute approximate surface area is 221 Å². The number of carbonyl (C=O) groups excluding carboxylic acids is 1. The van der Waals surface area contributed by atoms with E-state index >= 15 is 0 Å². The summed E-state index contributed by atoms with van der Waals surface area (Å²) in [6, 6.07) is 17.1. The molecule has 2 aliphatic rings. The van der Waals surface area contributed by atoms with E-state index in [0.29, 0.717) is 13.1 Å². The molecule has 1 amide bonds. The van der Waals surface area contributed by atoms with Crippen molar-refractivity contribution < 1.29 is 18.7 Å². The van der Waals surface area contributed by atoms with E-state index in [0.717, 1.165) is 56.8 Å². The van der Waals surface area contributed by atoms with Crippen molar-refractivity contribution in [3.63, 3.8) is 0 Å². The van der Waals surface area contributed by atoms with Crippen LogP contribution < -0.4 is 0 Å². The molecule has 200 valence electrons. The van der Waals surface area contributed by atoms with Crippen LogP contribution in [-0.2, 0) is 22.6 Å². The van der Waals surface area contributed by atoms with Crippen LogP contribution in [0.25, 0.3) is 11.1 Å². The minimum Gasteiger partial charge on any atom is -0.444 e. The molecule has 2 saturated heterocycles. The van der Waals surface area contributed by atoms with E-state index in [-0.39, 0.29) is 18.9 Å². The quantitative estimate of drug-likeness (QED) is 0.350. The van der Waals surface area contributed by atoms with Crippen molar-refractivity contribution in [2.24, 2.45) is 0 Å². The Morgan fingerprint density at radius 2 is 1.81 bits per heavy atom. The molecule has 1 atom stereocenters. The lowest BCUT2D eigenvalue weighted by molar-refractivity contribution is 0.0342. The first-order valence-electron chi connectivity index (χ1n) is 13.3. The van der Waals surface area contributed by atoms with Crippen LogP contribution in [0, 0.1) is 0 Å². The van der Waals surface area contributed by atoms with Gasteiger partial charge in [-0.2, -0.15) is 0 Å². The summed E-state index contributed by atoms with van der Waals surface area (Å²) < 4.78 is 22.6. The maximum absolute atomic E-state index is 12.0. The van der Waals surface area contributed by atoms with Gasteiger partial charge in [-0.25, -0.2) is 9.18 Å². The molecule has 0 saturated carbocycles. The fourth-order valence-electron chi connectivity index (χ4n) is 4.41. The van der Waals surface area contributed by atoms with Gasteiger partial charge in [-0.3, -0.25) is 4.90 Å². The van der Waals surface area contributed by atoms with Gasteiger partial charge in [0, 0.05) is 26.2 Å². The number of cyclic esters (lactones) is 1. The van der Waals surface area contributed by atoms with Gasteiger partial charge in [-0.1, -0.05) is 73.7 Å². The van der Waals surface area contributed by atoms with Gasteiger partial charge in [0.1, 0.15) is 12.8 Å². The number of amides is 1. The minimum absolute atomic E-state index is 0.0242. The third-order valence-corrected chi connectivity index (χ3v) is 6.60. The molecule has 0 N–H and O–H groups in total. The van der Waals surface area contributed by atoms with Crippen molar-refractivity contribution in [3.8, 4) is 11.1 Å². The van der Waals surface area contributed by atoms with Crippen molar-refractivity contribution in [2.45, 2.75) is 52.8 Å². The average Bonchev–Trinajstić information content (AvgIpc) is 3.24. The number of hydrogen-bond acceptors (Lipinski definition) is 4. The summed E-state index contributed by atoms with van der Waals surface area (Å²) in [6.07, 6.45) is 7.39. The Morgan fingerprint density at radius 3 is 2.43 bits per heavy atom. The molecule has 4 rings (SSSR count). The van der Waals surface area contributed by atoms with E-state index in [4.69, 9.17) is 9.47 Å². The Morgan fingerprint density at radius 1 is 1.08 bits per heavy atom. The molecule has 2 aromatic carbocycles. The minimum atomic E-state index is -0.298. The topological polar surface area (TPSA) is 42.0 Å². The monoisotopic (exact) mass is 508 g/mol. The number of morpholine rings is 1. The average molecular weight is 509 g/mol. The second-order valence-corrected chi connectivity index (χ2v) is 9.47. The van der Waals surface area contributed by atoms with E-state index in [2.05, 4.69) is 53.4 Å². The van der Waals surface area contributed by atoms with E-state index in [1.165, 1.54) is 16.7 Å². The first kappa shape index (κ1) is 28.6. The zero-order chi connectivity index (χ0) is 26.5. The summed E-state index contributed by atoms with van der Waals surface area (Å²) in [5.74, 6) is 0. The fraction of sp³-hybridized carbons (Fsp3) is 0.452. The SMILES string of the molecule is C/C=C\C/C=C(\CC)CF.CC1CN(Cc2ccc(-c3ccccc3CN3CCOCC3)cc2)C(=O)O1. The standard InChI is InChI=1S/C22H26N2O3.C9H15F/c1-17-14-24(22(25)27-17)15-18-6-8-19(9-7-18)21-5-3-2-4-20(21)16-23-10-12-26-13-11-23;1-3-5-6-7-9(4-2)8-10/h2-9,17H,10-16H2,1H3;3,5,7H,4,6,8H2,1-2H3/b;5-3-,9-7+. The van der Waals surface area contributed by atoms with Crippen molar-refractivity contribution in [1.82, 2.24) is 9.80 Å². The van der Waals surface area contributed by atoms with Crippen LogP contribution in [0.3, 0.4) is 0 Å². The second-order valence-electron chi connectivity index (χ2n) is 9.47. The predicted molar refractivity (Wildman–Crippen MR) is 148 cm³/mol. The highest BCUT2D eigenvalue weighted by molar-refractivity contribution is 5.70. The van der Waals surface area contributed by atoms with Gasteiger partial charge in [0.2, 0.25) is 0 Å². The molecule has 37 heavy (non-hydrogen) atoms. The first-order valence-corrected chi connectivity index (χ1v) is 13.3. The number of allylic oxidation sites excluding steroid dienone is 4. The summed E-state index contributed by atoms with van der Waals surface area (Å²) in [7, 11) is 0. The van der Waals surface area contributed by atoms with Gasteiger partial charge >= 0.3 is 6.09 Å². The Bertz CT molecular complexity index is 1020. The normalized spacial score (nSPS) is 18.6. The molecule has 0 aliphatic carbocycles. The molecular weight excluding hydrogens is 467 g/mol. The fourth-order valence-corrected chi connectivity index (χ4v) is 4.41. The van der Waals surface area contributed by atoms with E-state index in [1.807, 2.05) is 39.0 Å². The van der Waals surface area contributed by atoms with Crippen LogP contribution in [0.15, 0.2) is 72.3 Å². The lowest BCUT2D eigenvalue weighted by atomic mass is 9.98. The number of halogens is 1. The van der Waals surface area contributed by atoms with Gasteiger partial charge in [-0.15, -0.1) is 0 Å². The highest BCUT2D eigenvalue weighted by Gasteiger charge is 2.27. The third-order valence-electron chi connectivity index (χ3n) is 6.60. The number of hydrogen-bond donors (Lipinski definition) is 0. The molecule has 0 spiro atoms. The first-order chi connectivity index (χ1) is 18.0. The predicted octanol–water partition coefficient (Wildman–Crippen LogP) is 6.79. The van der Waals surface area contributed by atoms with Gasteiger partial charge in [0.25, 0.3) is 0 Å². The zero-order valence-corrected chi connectivity index (χ0v) is 22.5. The van der Waals surface area contributed by atoms with E-state index < -0.39 is 0 Å². The highest BCUT2D eigenvalue weighted by atomic mass is 19.1. The van der Waals surface area contributed by atoms with Gasteiger partial charge in [-0.05, 0) is 54.5 Å². The molecule has 2 heterocycles. The smallest absolute Gasteiger partial charge is 0.410 e. The summed E-state index contributed by atoms with van der Waals surface area (Å²) in [5, 5.41) is 0. The zero-order valence-electron chi connectivity index (χ0n) is 22.5. The Hall–Kier alpha value is -2.96. The lowest BCUT2D eigenvalue weighted by Crippen LogP contribution is -2.35. The van der Waals surface area contributed by atoms with Gasteiger partial charge < -0.3 is 14.4 Å². The third kappa shape index (κ3) is 9.13. The molecule has 2 aliphatic heterocycles. The Kier molecular flexibility index (Phi) is 11.9. The maximum Gasteiger partial charge on any atom is 0.410 e. The summed E-state index contributed by atoms with van der Waals surface area (Å²) in [5.41, 5.74) is 5.84. The van der Waals surface area contributed by atoms with Gasteiger partial charge in [0.15, 0.2) is 0 Å². The molecule has 2 fully saturated rings. The van der Waals surface area contributed by atoms with Crippen molar-refractivity contribution >= 4 is 6.09 Å². The molecule has 5 nitrogen and oxygen atoms in total. The molecular formula is C31H41FN2O3. The van der Waals surface area contributed by atoms with Gasteiger partial charge in [0.05, 0.1) is 19.8 Å². The number of carbonyl (C=O) groups is 1. The summed E-state index contributed by atoms with van der Waals surface area (Å²) in [4.78, 5) is 16.0. The number of benzene rings is 2. The largest absolute Gasteiger partial charge is 0.444 e. The van der Waals surface area contributed by atoms with Crippen molar-refractivity contribution in [3.05, 3.63) is 83.5 Å². The van der Waals surface area contributed by atoms with Crippen LogP contribution in [0.2, 0.25) is 0 Å². The van der Waals surface area contributed by atoms with Crippen LogP contribution in [0.1, 0.15) is 44.7 Å². The van der Waals surface area contributed by atoms with Crippen molar-refractivity contribution in [2.75, 3.05) is 39.5 Å². The molecule has 1 unspecified atom stereocenters. The molecule has 2 aromatic rings. The van der Waals surface area contributed by atoms with E-state index in [1.54, 1.807) is 4.90 Å². The second kappa shape index (κ2) is 15.3. The molecule has 6 heteroatoms. The molecule has 0 bridgehead atoms. The molecule has 0 aromatic heterocycles. The van der Waals surface area contributed by atoms with Crippen LogP contribution in [-0.4, -0.2) is 61.5 Å². The van der Waals surface area contributed by atoms with Crippen LogP contribution in [0.4, 0.5) is 9.18 Å². The maximum atomic E-state index is 12.0. The Balaban J connectivity index is 0.000000325.